The highest BCUT2D eigenvalue weighted by Gasteiger charge is 2.21. The van der Waals surface area contributed by atoms with Crippen LogP contribution >= 0.6 is 0 Å². The summed E-state index contributed by atoms with van der Waals surface area (Å²) in [6, 6.07) is 8.79. The van der Waals surface area contributed by atoms with Gasteiger partial charge < -0.3 is 24.1 Å². The maximum absolute atomic E-state index is 12.7. The SMILES string of the molecule is Cc1coc2c(C)c3oc(=O)c(CC(=O)N[C@@H](C(=O)[O-])c4ccccc4)c(C)c3cc12. The number of carboxylic acid groups (broad SMARTS) is 1. The molecule has 31 heavy (non-hydrogen) atoms. The second-order valence-electron chi connectivity index (χ2n) is 7.57. The van der Waals surface area contributed by atoms with Crippen LogP contribution in [0, 0.1) is 20.8 Å². The molecule has 1 amide bonds. The molecule has 0 spiro atoms. The number of hydrogen-bond acceptors (Lipinski definition) is 6. The van der Waals surface area contributed by atoms with Crippen LogP contribution in [0.3, 0.4) is 0 Å². The molecule has 4 aromatic rings. The van der Waals surface area contributed by atoms with Gasteiger partial charge in [0.15, 0.2) is 0 Å². The van der Waals surface area contributed by atoms with Gasteiger partial charge in [-0.15, -0.1) is 0 Å². The minimum Gasteiger partial charge on any atom is -0.548 e. The van der Waals surface area contributed by atoms with Crippen molar-refractivity contribution in [3.8, 4) is 0 Å². The second-order valence-corrected chi connectivity index (χ2v) is 7.57. The molecule has 0 fully saturated rings. The Balaban J connectivity index is 1.72. The third-order valence-electron chi connectivity index (χ3n) is 5.55. The second kappa shape index (κ2) is 7.75. The average molecular weight is 418 g/mol. The maximum atomic E-state index is 12.7. The number of benzene rings is 2. The molecule has 0 aliphatic carbocycles. The van der Waals surface area contributed by atoms with Crippen molar-refractivity contribution in [2.75, 3.05) is 0 Å². The highest BCUT2D eigenvalue weighted by atomic mass is 16.4. The Morgan fingerprint density at radius 1 is 1.03 bits per heavy atom. The summed E-state index contributed by atoms with van der Waals surface area (Å²) in [6.07, 6.45) is 1.32. The molecular weight excluding hydrogens is 398 g/mol. The van der Waals surface area contributed by atoms with Crippen LogP contribution in [0.25, 0.3) is 21.9 Å². The summed E-state index contributed by atoms with van der Waals surface area (Å²) in [4.78, 5) is 36.9. The predicted molar refractivity (Wildman–Crippen MR) is 113 cm³/mol. The molecule has 7 nitrogen and oxygen atoms in total. The topological polar surface area (TPSA) is 113 Å². The Bertz CT molecular complexity index is 1380. The van der Waals surface area contributed by atoms with Crippen molar-refractivity contribution in [3.63, 3.8) is 0 Å². The molecule has 7 heteroatoms. The van der Waals surface area contributed by atoms with Crippen LogP contribution in [0.5, 0.6) is 0 Å². The number of carboxylic acids is 1. The van der Waals surface area contributed by atoms with Gasteiger partial charge in [-0.3, -0.25) is 4.79 Å². The Morgan fingerprint density at radius 2 is 1.74 bits per heavy atom. The van der Waals surface area contributed by atoms with E-state index in [1.165, 1.54) is 0 Å². The van der Waals surface area contributed by atoms with Crippen molar-refractivity contribution in [1.82, 2.24) is 5.32 Å². The molecule has 4 rings (SSSR count). The van der Waals surface area contributed by atoms with E-state index in [0.717, 1.165) is 10.9 Å². The number of amides is 1. The zero-order valence-corrected chi connectivity index (χ0v) is 17.3. The van der Waals surface area contributed by atoms with Crippen molar-refractivity contribution < 1.29 is 23.5 Å². The predicted octanol–water partition coefficient (Wildman–Crippen LogP) is 2.61. The van der Waals surface area contributed by atoms with Gasteiger partial charge in [-0.2, -0.15) is 0 Å². The molecular formula is C24H20NO6-. The van der Waals surface area contributed by atoms with Crippen LogP contribution in [0.4, 0.5) is 0 Å². The molecule has 158 valence electrons. The molecule has 0 aliphatic rings. The van der Waals surface area contributed by atoms with E-state index in [1.807, 2.05) is 19.9 Å². The number of rotatable bonds is 5. The fourth-order valence-electron chi connectivity index (χ4n) is 3.82. The number of fused-ring (bicyclic) bond motifs is 2. The molecule has 0 bridgehead atoms. The first-order valence-corrected chi connectivity index (χ1v) is 9.76. The monoisotopic (exact) mass is 418 g/mol. The molecule has 1 N–H and O–H groups in total. The van der Waals surface area contributed by atoms with Gasteiger partial charge in [-0.05, 0) is 43.5 Å². The van der Waals surface area contributed by atoms with E-state index < -0.39 is 23.5 Å². The fraction of sp³-hybridized carbons (Fsp3) is 0.208. The standard InChI is InChI=1S/C24H21NO6/c1-12-11-30-21-14(3)22-17(9-16(12)21)13(2)18(24(29)31-22)10-19(26)25-20(23(27)28)15-7-5-4-6-8-15/h4-9,11,20H,10H2,1-3H3,(H,25,26)(H,27,28)/p-1/t20-/m1/s1. The summed E-state index contributed by atoms with van der Waals surface area (Å²) in [5, 5.41) is 15.6. The van der Waals surface area contributed by atoms with Gasteiger partial charge in [-0.1, -0.05) is 30.3 Å². The first-order chi connectivity index (χ1) is 14.8. The fourth-order valence-corrected chi connectivity index (χ4v) is 3.82. The van der Waals surface area contributed by atoms with Gasteiger partial charge in [0.05, 0.1) is 30.3 Å². The van der Waals surface area contributed by atoms with Crippen LogP contribution in [-0.2, 0) is 16.0 Å². The number of carbonyl (C=O) groups is 2. The molecule has 2 heterocycles. The van der Waals surface area contributed by atoms with Crippen LogP contribution in [0.1, 0.15) is 33.9 Å². The molecule has 0 radical (unpaired) electrons. The minimum atomic E-state index is -1.43. The summed E-state index contributed by atoms with van der Waals surface area (Å²) < 4.78 is 11.1. The lowest BCUT2D eigenvalue weighted by Gasteiger charge is -2.20. The van der Waals surface area contributed by atoms with Crippen molar-refractivity contribution >= 4 is 33.8 Å². The van der Waals surface area contributed by atoms with Crippen LogP contribution in [-0.4, -0.2) is 11.9 Å². The summed E-state index contributed by atoms with van der Waals surface area (Å²) in [5.41, 5.74) is 3.24. The summed E-state index contributed by atoms with van der Waals surface area (Å²) in [6.45, 7) is 5.48. The van der Waals surface area contributed by atoms with Crippen LogP contribution in [0.15, 0.2) is 56.3 Å². The highest BCUT2D eigenvalue weighted by Crippen LogP contribution is 2.32. The van der Waals surface area contributed by atoms with Gasteiger partial charge >= 0.3 is 5.63 Å². The number of aryl methyl sites for hydroxylation is 3. The quantitative estimate of drug-likeness (QED) is 0.499. The Morgan fingerprint density at radius 3 is 2.42 bits per heavy atom. The van der Waals surface area contributed by atoms with Gasteiger partial charge in [0.1, 0.15) is 11.2 Å². The molecule has 2 aromatic heterocycles. The van der Waals surface area contributed by atoms with E-state index in [1.54, 1.807) is 43.5 Å². The zero-order valence-electron chi connectivity index (χ0n) is 17.3. The van der Waals surface area contributed by atoms with Gasteiger partial charge in [0.2, 0.25) is 5.91 Å². The first kappa shape index (κ1) is 20.4. The lowest BCUT2D eigenvalue weighted by molar-refractivity contribution is -0.308. The summed E-state index contributed by atoms with van der Waals surface area (Å²) in [7, 11) is 0. The summed E-state index contributed by atoms with van der Waals surface area (Å²) in [5.74, 6) is -2.06. The van der Waals surface area contributed by atoms with E-state index in [9.17, 15) is 19.5 Å². The molecule has 0 aliphatic heterocycles. The summed E-state index contributed by atoms with van der Waals surface area (Å²) >= 11 is 0. The van der Waals surface area contributed by atoms with Gasteiger partial charge in [0.25, 0.3) is 0 Å². The highest BCUT2D eigenvalue weighted by molar-refractivity contribution is 6.00. The van der Waals surface area contributed by atoms with Crippen molar-refractivity contribution in [1.29, 1.82) is 0 Å². The normalized spacial score (nSPS) is 12.2. The lowest BCUT2D eigenvalue weighted by Crippen LogP contribution is -2.42. The molecule has 1 atom stereocenters. The third-order valence-corrected chi connectivity index (χ3v) is 5.55. The van der Waals surface area contributed by atoms with Crippen molar-refractivity contribution in [2.45, 2.75) is 33.2 Å². The lowest BCUT2D eigenvalue weighted by atomic mass is 9.99. The molecule has 0 saturated carbocycles. The molecule has 0 unspecified atom stereocenters. The maximum Gasteiger partial charge on any atom is 0.340 e. The number of aliphatic carboxylic acids is 1. The Hall–Kier alpha value is -3.87. The number of furan rings is 1. The largest absolute Gasteiger partial charge is 0.548 e. The minimum absolute atomic E-state index is 0.176. The van der Waals surface area contributed by atoms with E-state index in [-0.39, 0.29) is 12.0 Å². The van der Waals surface area contributed by atoms with E-state index in [0.29, 0.717) is 33.2 Å². The first-order valence-electron chi connectivity index (χ1n) is 9.76. The Kier molecular flexibility index (Phi) is 5.10. The molecule has 0 saturated heterocycles. The zero-order chi connectivity index (χ0) is 22.3. The number of carbonyl (C=O) groups excluding carboxylic acids is 2. The average Bonchev–Trinajstić information content (AvgIpc) is 3.12. The van der Waals surface area contributed by atoms with E-state index in [2.05, 4.69) is 5.32 Å². The smallest absolute Gasteiger partial charge is 0.340 e. The van der Waals surface area contributed by atoms with Crippen molar-refractivity contribution in [3.05, 3.63) is 80.9 Å². The van der Waals surface area contributed by atoms with E-state index in [4.69, 9.17) is 8.83 Å². The van der Waals surface area contributed by atoms with E-state index >= 15 is 0 Å². The van der Waals surface area contributed by atoms with Gasteiger partial charge in [0, 0.05) is 16.3 Å². The third kappa shape index (κ3) is 3.59. The van der Waals surface area contributed by atoms with Crippen molar-refractivity contribution in [2.24, 2.45) is 0 Å². The molecule has 2 aromatic carbocycles. The van der Waals surface area contributed by atoms with Gasteiger partial charge in [-0.25, -0.2) is 4.79 Å². The van der Waals surface area contributed by atoms with Crippen LogP contribution < -0.4 is 16.0 Å². The number of hydrogen-bond donors (Lipinski definition) is 1. The van der Waals surface area contributed by atoms with Crippen LogP contribution in [0.2, 0.25) is 0 Å². The number of nitrogens with one attached hydrogen (secondary N) is 1. The Labute approximate surface area is 177 Å².